The Morgan fingerprint density at radius 1 is 1.23 bits per heavy atom. The maximum Gasteiger partial charge on any atom is 0.345 e. The molecule has 3 aromatic rings. The van der Waals surface area contributed by atoms with E-state index in [-0.39, 0.29) is 17.9 Å². The van der Waals surface area contributed by atoms with Gasteiger partial charge in [-0.3, -0.25) is 4.98 Å². The Balaban J connectivity index is 1.87. The van der Waals surface area contributed by atoms with Gasteiger partial charge in [0.15, 0.2) is 5.82 Å². The fourth-order valence-electron chi connectivity index (χ4n) is 2.28. The number of rotatable bonds is 5. The van der Waals surface area contributed by atoms with Gasteiger partial charge in [0.1, 0.15) is 5.82 Å². The number of anilines is 1. The lowest BCUT2D eigenvalue weighted by molar-refractivity contribution is 0.237. The molecule has 26 heavy (non-hydrogen) atoms. The van der Waals surface area contributed by atoms with Crippen LogP contribution >= 0.6 is 0 Å². The van der Waals surface area contributed by atoms with E-state index in [0.29, 0.717) is 23.9 Å². The van der Waals surface area contributed by atoms with Crippen molar-refractivity contribution in [1.29, 1.82) is 0 Å². The summed E-state index contributed by atoms with van der Waals surface area (Å²) in [6.07, 6.45) is 3.28. The molecule has 0 saturated heterocycles. The number of nitrogens with one attached hydrogen (secondary N) is 2. The van der Waals surface area contributed by atoms with E-state index in [4.69, 9.17) is 0 Å². The Morgan fingerprint density at radius 3 is 2.65 bits per heavy atom. The lowest BCUT2D eigenvalue weighted by Crippen LogP contribution is -2.35. The average Bonchev–Trinajstić information content (AvgIpc) is 3.06. The van der Waals surface area contributed by atoms with Gasteiger partial charge in [0.25, 0.3) is 0 Å². The maximum absolute atomic E-state index is 13.0. The first kappa shape index (κ1) is 17.5. The van der Waals surface area contributed by atoms with Crippen molar-refractivity contribution in [3.63, 3.8) is 0 Å². The average molecular weight is 354 g/mol. The first-order chi connectivity index (χ1) is 12.5. The summed E-state index contributed by atoms with van der Waals surface area (Å²) in [5.74, 6) is 0.386. The Morgan fingerprint density at radius 2 is 2.00 bits per heavy atom. The summed E-state index contributed by atoms with van der Waals surface area (Å²) in [6, 6.07) is 9.26. The van der Waals surface area contributed by atoms with Crippen LogP contribution in [0.1, 0.15) is 19.4 Å². The third-order valence-corrected chi connectivity index (χ3v) is 3.50. The maximum atomic E-state index is 13.0. The monoisotopic (exact) mass is 354 g/mol. The predicted octanol–water partition coefficient (Wildman–Crippen LogP) is 3.06. The standard InChI is InChI=1S/C18H19FN6O/c1-12(2)22-18(26)25-17(21-10-13-5-7-15(19)8-6-13)23-16(24-25)14-4-3-9-20-11-14/h3-9,11-12H,10H2,1-2H3,(H,22,26)(H,21,23,24). The van der Waals surface area contributed by atoms with Gasteiger partial charge < -0.3 is 10.6 Å². The van der Waals surface area contributed by atoms with Crippen molar-refractivity contribution in [3.05, 3.63) is 60.2 Å². The van der Waals surface area contributed by atoms with Crippen molar-refractivity contribution >= 4 is 12.0 Å². The van der Waals surface area contributed by atoms with Crippen LogP contribution in [0.2, 0.25) is 0 Å². The van der Waals surface area contributed by atoms with E-state index in [0.717, 1.165) is 5.56 Å². The molecule has 0 bridgehead atoms. The van der Waals surface area contributed by atoms with Crippen LogP contribution in [0, 0.1) is 5.82 Å². The van der Waals surface area contributed by atoms with Gasteiger partial charge in [-0.2, -0.15) is 4.98 Å². The normalized spacial score (nSPS) is 10.8. The van der Waals surface area contributed by atoms with Gasteiger partial charge in [0.05, 0.1) is 0 Å². The quantitative estimate of drug-likeness (QED) is 0.736. The minimum absolute atomic E-state index is 0.0431. The molecule has 134 valence electrons. The van der Waals surface area contributed by atoms with E-state index in [1.54, 1.807) is 30.6 Å². The molecule has 2 N–H and O–H groups in total. The minimum Gasteiger partial charge on any atom is -0.350 e. The number of carbonyl (C=O) groups excluding carboxylic acids is 1. The van der Waals surface area contributed by atoms with Crippen LogP contribution in [-0.2, 0) is 6.54 Å². The van der Waals surface area contributed by atoms with E-state index in [2.05, 4.69) is 25.7 Å². The second-order valence-corrected chi connectivity index (χ2v) is 6.00. The first-order valence-electron chi connectivity index (χ1n) is 8.19. The van der Waals surface area contributed by atoms with Gasteiger partial charge in [-0.05, 0) is 43.7 Å². The van der Waals surface area contributed by atoms with Crippen molar-refractivity contribution in [2.24, 2.45) is 0 Å². The lowest BCUT2D eigenvalue weighted by Gasteiger charge is -2.10. The minimum atomic E-state index is -0.385. The predicted molar refractivity (Wildman–Crippen MR) is 96.0 cm³/mol. The Bertz CT molecular complexity index is 876. The highest BCUT2D eigenvalue weighted by atomic mass is 19.1. The Labute approximate surface area is 150 Å². The highest BCUT2D eigenvalue weighted by Gasteiger charge is 2.17. The summed E-state index contributed by atoms with van der Waals surface area (Å²) in [4.78, 5) is 20.9. The van der Waals surface area contributed by atoms with Gasteiger partial charge in [-0.15, -0.1) is 9.78 Å². The highest BCUT2D eigenvalue weighted by molar-refractivity contribution is 5.79. The van der Waals surface area contributed by atoms with Gasteiger partial charge in [0, 0.05) is 30.5 Å². The number of benzene rings is 1. The number of aromatic nitrogens is 4. The lowest BCUT2D eigenvalue weighted by atomic mass is 10.2. The third-order valence-electron chi connectivity index (χ3n) is 3.50. The molecule has 0 fully saturated rings. The van der Waals surface area contributed by atoms with E-state index >= 15 is 0 Å². The fraction of sp³-hybridized carbons (Fsp3) is 0.222. The van der Waals surface area contributed by atoms with Crippen LogP contribution in [-0.4, -0.2) is 31.8 Å². The molecule has 3 rings (SSSR count). The van der Waals surface area contributed by atoms with Crippen molar-refractivity contribution in [1.82, 2.24) is 25.1 Å². The Kier molecular flexibility index (Phi) is 5.21. The fourth-order valence-corrected chi connectivity index (χ4v) is 2.28. The topological polar surface area (TPSA) is 84.7 Å². The molecule has 2 aromatic heterocycles. The van der Waals surface area contributed by atoms with Crippen LogP contribution in [0.4, 0.5) is 15.1 Å². The van der Waals surface area contributed by atoms with Crippen LogP contribution in [0.5, 0.6) is 0 Å². The molecule has 0 atom stereocenters. The number of hydrogen-bond donors (Lipinski definition) is 2. The molecule has 0 saturated carbocycles. The SMILES string of the molecule is CC(C)NC(=O)n1nc(-c2cccnc2)nc1NCc1ccc(F)cc1. The number of pyridine rings is 1. The summed E-state index contributed by atoms with van der Waals surface area (Å²) >= 11 is 0. The second-order valence-electron chi connectivity index (χ2n) is 6.00. The van der Waals surface area contributed by atoms with Crippen LogP contribution in [0.15, 0.2) is 48.8 Å². The van der Waals surface area contributed by atoms with Crippen LogP contribution < -0.4 is 10.6 Å². The molecule has 8 heteroatoms. The van der Waals surface area contributed by atoms with Gasteiger partial charge in [-0.1, -0.05) is 12.1 Å². The number of nitrogens with zero attached hydrogens (tertiary/aromatic N) is 4. The molecule has 0 aliphatic carbocycles. The summed E-state index contributed by atoms with van der Waals surface area (Å²) in [6.45, 7) is 4.10. The molecule has 2 heterocycles. The molecular weight excluding hydrogens is 335 g/mol. The first-order valence-corrected chi connectivity index (χ1v) is 8.19. The van der Waals surface area contributed by atoms with Crippen molar-refractivity contribution in [2.75, 3.05) is 5.32 Å². The summed E-state index contributed by atoms with van der Waals surface area (Å²) < 4.78 is 14.2. The van der Waals surface area contributed by atoms with Crippen LogP contribution in [0.3, 0.4) is 0 Å². The van der Waals surface area contributed by atoms with Crippen molar-refractivity contribution in [3.8, 4) is 11.4 Å². The van der Waals surface area contributed by atoms with Gasteiger partial charge in [-0.25, -0.2) is 9.18 Å². The molecule has 1 aromatic carbocycles. The molecular formula is C18H19FN6O. The number of carbonyl (C=O) groups is 1. The number of amides is 1. The summed E-state index contributed by atoms with van der Waals surface area (Å²) in [5.41, 5.74) is 1.56. The number of hydrogen-bond acceptors (Lipinski definition) is 5. The largest absolute Gasteiger partial charge is 0.350 e. The van der Waals surface area contributed by atoms with Gasteiger partial charge in [0.2, 0.25) is 5.95 Å². The zero-order valence-electron chi connectivity index (χ0n) is 14.5. The molecule has 0 spiro atoms. The van der Waals surface area contributed by atoms with Crippen molar-refractivity contribution < 1.29 is 9.18 Å². The second kappa shape index (κ2) is 7.73. The Hall–Kier alpha value is -3.29. The van der Waals surface area contributed by atoms with Gasteiger partial charge >= 0.3 is 6.03 Å². The van der Waals surface area contributed by atoms with E-state index in [9.17, 15) is 9.18 Å². The molecule has 0 unspecified atom stereocenters. The summed E-state index contributed by atoms with van der Waals surface area (Å²) in [5, 5.41) is 10.2. The third kappa shape index (κ3) is 4.21. The molecule has 7 nitrogen and oxygen atoms in total. The van der Waals surface area contributed by atoms with E-state index < -0.39 is 0 Å². The number of halogens is 1. The van der Waals surface area contributed by atoms with E-state index in [1.165, 1.54) is 16.8 Å². The molecule has 1 amide bonds. The van der Waals surface area contributed by atoms with Crippen molar-refractivity contribution in [2.45, 2.75) is 26.4 Å². The smallest absolute Gasteiger partial charge is 0.345 e. The van der Waals surface area contributed by atoms with Crippen LogP contribution in [0.25, 0.3) is 11.4 Å². The zero-order chi connectivity index (χ0) is 18.5. The highest BCUT2D eigenvalue weighted by Crippen LogP contribution is 2.17. The molecule has 0 aliphatic rings. The molecule has 0 radical (unpaired) electrons. The zero-order valence-corrected chi connectivity index (χ0v) is 14.5. The molecule has 0 aliphatic heterocycles. The van der Waals surface area contributed by atoms with E-state index in [1.807, 2.05) is 19.9 Å². The summed E-state index contributed by atoms with van der Waals surface area (Å²) in [7, 11) is 0.